The number of aromatic nitrogens is 1. The largest absolute Gasteiger partial charge is 0.354 e. The fourth-order valence-corrected chi connectivity index (χ4v) is 5.66. The van der Waals surface area contributed by atoms with Crippen molar-refractivity contribution < 1.29 is 9.59 Å². The van der Waals surface area contributed by atoms with Gasteiger partial charge in [0, 0.05) is 27.6 Å². The summed E-state index contributed by atoms with van der Waals surface area (Å²) in [5, 5.41) is 13.6. The molecule has 0 aliphatic carbocycles. The number of amidine groups is 2. The molecular formula is C40H31N7O2. The van der Waals surface area contributed by atoms with E-state index in [1.807, 2.05) is 122 Å². The van der Waals surface area contributed by atoms with Gasteiger partial charge in [-0.1, -0.05) is 97.1 Å². The summed E-state index contributed by atoms with van der Waals surface area (Å²) in [4.78, 5) is 36.5. The Bertz CT molecular complexity index is 2300. The first-order valence-corrected chi connectivity index (χ1v) is 15.7. The minimum atomic E-state index is -0.544. The highest BCUT2D eigenvalue weighted by molar-refractivity contribution is 6.28. The Hall–Kier alpha value is -6.74. The molecule has 1 aliphatic heterocycles. The number of hydrazone groups is 1. The van der Waals surface area contributed by atoms with E-state index in [9.17, 15) is 9.59 Å². The minimum absolute atomic E-state index is 0.258. The van der Waals surface area contributed by atoms with Gasteiger partial charge in [0.15, 0.2) is 0 Å². The Kier molecular flexibility index (Phi) is 8.54. The number of aliphatic imine (C=N–C) groups is 1. The summed E-state index contributed by atoms with van der Waals surface area (Å²) in [6.45, 7) is 3.76. The number of hydrogen-bond acceptors (Lipinski definition) is 5. The predicted molar refractivity (Wildman–Crippen MR) is 196 cm³/mol. The molecule has 7 rings (SSSR count). The molecule has 5 aromatic carbocycles. The maximum atomic E-state index is 13.8. The van der Waals surface area contributed by atoms with Gasteiger partial charge < -0.3 is 4.98 Å². The fourth-order valence-electron chi connectivity index (χ4n) is 5.66. The zero-order valence-electron chi connectivity index (χ0n) is 26.8. The van der Waals surface area contributed by atoms with E-state index in [0.29, 0.717) is 28.3 Å². The second kappa shape index (κ2) is 13.5. The van der Waals surface area contributed by atoms with Crippen LogP contribution in [0.1, 0.15) is 34.0 Å². The van der Waals surface area contributed by atoms with Crippen LogP contribution < -0.4 is 10.3 Å². The molecule has 0 spiro atoms. The molecular weight excluding hydrogens is 610 g/mol. The average molecular weight is 642 g/mol. The number of hydrogen-bond donors (Lipinski definition) is 2. The molecule has 2 N–H and O–H groups in total. The highest BCUT2D eigenvalue weighted by Crippen LogP contribution is 2.34. The number of azo groups is 1. The van der Waals surface area contributed by atoms with Crippen molar-refractivity contribution >= 4 is 51.8 Å². The van der Waals surface area contributed by atoms with E-state index < -0.39 is 5.91 Å². The van der Waals surface area contributed by atoms with Crippen LogP contribution in [-0.2, 0) is 4.79 Å². The van der Waals surface area contributed by atoms with E-state index in [2.05, 4.69) is 30.7 Å². The quantitative estimate of drug-likeness (QED) is 0.0596. The predicted octanol–water partition coefficient (Wildman–Crippen LogP) is 9.02. The highest BCUT2D eigenvalue weighted by atomic mass is 16.2. The molecule has 6 aromatic rings. The Morgan fingerprint density at radius 3 is 2.18 bits per heavy atom. The van der Waals surface area contributed by atoms with Crippen LogP contribution in [0.15, 0.2) is 159 Å². The molecule has 2 heterocycles. The van der Waals surface area contributed by atoms with Crippen LogP contribution in [0.2, 0.25) is 0 Å². The van der Waals surface area contributed by atoms with Gasteiger partial charge in [0.1, 0.15) is 11.5 Å². The lowest BCUT2D eigenvalue weighted by Gasteiger charge is -2.16. The summed E-state index contributed by atoms with van der Waals surface area (Å²) in [5.74, 6) is -0.0164. The zero-order chi connectivity index (χ0) is 33.7. The van der Waals surface area contributed by atoms with Gasteiger partial charge in [-0.2, -0.15) is 5.10 Å². The van der Waals surface area contributed by atoms with Gasteiger partial charge in [0.2, 0.25) is 5.84 Å². The van der Waals surface area contributed by atoms with Crippen LogP contribution in [0.25, 0.3) is 28.2 Å². The van der Waals surface area contributed by atoms with E-state index in [1.165, 1.54) is 4.90 Å². The molecule has 0 saturated heterocycles. The first-order chi connectivity index (χ1) is 24.0. The standard InChI is InChI=1S/C40H31N7O2/c1-26-13-9-11-19-34(26)43-44-38(29-16-7-4-8-17-29)45-46-39(48)30-21-23-31(24-22-30)47-27(2)41-36(40(47)49)25-33-32-18-10-12-20-35(32)42-37(33)28-14-5-3-6-15-28/h3-25,42-43H,1-2H3/b36-25-,44-38+,46-45?. The Labute approximate surface area is 283 Å². The van der Waals surface area contributed by atoms with Crippen molar-refractivity contribution in [3.63, 3.8) is 0 Å². The van der Waals surface area contributed by atoms with Gasteiger partial charge in [-0.3, -0.25) is 19.9 Å². The third-order valence-electron chi connectivity index (χ3n) is 8.19. The molecule has 0 unspecified atom stereocenters. The molecule has 0 bridgehead atoms. The molecule has 49 heavy (non-hydrogen) atoms. The minimum Gasteiger partial charge on any atom is -0.354 e. The van der Waals surface area contributed by atoms with Crippen LogP contribution in [0, 0.1) is 6.92 Å². The summed E-state index contributed by atoms with van der Waals surface area (Å²) >= 11 is 0. The van der Waals surface area contributed by atoms with Crippen molar-refractivity contribution in [1.29, 1.82) is 0 Å². The molecule has 9 nitrogen and oxygen atoms in total. The smallest absolute Gasteiger partial charge is 0.295 e. The Morgan fingerprint density at radius 1 is 0.755 bits per heavy atom. The summed E-state index contributed by atoms with van der Waals surface area (Å²) in [6, 6.07) is 41.7. The van der Waals surface area contributed by atoms with Crippen molar-refractivity contribution in [2.24, 2.45) is 20.3 Å². The summed E-state index contributed by atoms with van der Waals surface area (Å²) in [5.41, 5.74) is 10.6. The first-order valence-electron chi connectivity index (χ1n) is 15.7. The van der Waals surface area contributed by atoms with Crippen LogP contribution in [0.5, 0.6) is 0 Å². The molecule has 1 aliphatic rings. The molecule has 0 radical (unpaired) electrons. The molecule has 0 fully saturated rings. The van der Waals surface area contributed by atoms with Crippen molar-refractivity contribution in [3.8, 4) is 11.3 Å². The number of para-hydroxylation sites is 2. The monoisotopic (exact) mass is 641 g/mol. The Balaban J connectivity index is 1.12. The topological polar surface area (TPSA) is 115 Å². The fraction of sp³-hybridized carbons (Fsp3) is 0.0500. The van der Waals surface area contributed by atoms with Gasteiger partial charge in [-0.25, -0.2) is 4.99 Å². The summed E-state index contributed by atoms with van der Waals surface area (Å²) in [7, 11) is 0. The van der Waals surface area contributed by atoms with E-state index in [1.54, 1.807) is 31.2 Å². The maximum absolute atomic E-state index is 13.8. The summed E-state index contributed by atoms with van der Waals surface area (Å²) in [6.07, 6.45) is 1.84. The lowest BCUT2D eigenvalue weighted by Crippen LogP contribution is -2.30. The van der Waals surface area contributed by atoms with Crippen molar-refractivity contribution in [2.45, 2.75) is 13.8 Å². The Morgan fingerprint density at radius 2 is 1.43 bits per heavy atom. The van der Waals surface area contributed by atoms with Crippen molar-refractivity contribution in [1.82, 2.24) is 4.98 Å². The highest BCUT2D eigenvalue weighted by Gasteiger charge is 2.30. The number of nitrogens with zero attached hydrogens (tertiary/aromatic N) is 5. The molecule has 2 amide bonds. The number of H-pyrrole nitrogens is 1. The van der Waals surface area contributed by atoms with Gasteiger partial charge >= 0.3 is 0 Å². The van der Waals surface area contributed by atoms with Gasteiger partial charge in [0.25, 0.3) is 11.8 Å². The summed E-state index contributed by atoms with van der Waals surface area (Å²) < 4.78 is 0. The number of carbonyl (C=O) groups excluding carboxylic acids is 2. The number of carbonyl (C=O) groups is 2. The van der Waals surface area contributed by atoms with Crippen molar-refractivity contribution in [2.75, 3.05) is 10.3 Å². The molecule has 9 heteroatoms. The number of nitrogens with one attached hydrogen (secondary N) is 2. The van der Waals surface area contributed by atoms with E-state index in [-0.39, 0.29) is 11.7 Å². The molecule has 238 valence electrons. The number of aromatic amines is 1. The normalized spacial score (nSPS) is 14.2. The maximum Gasteiger partial charge on any atom is 0.295 e. The number of amides is 2. The number of aryl methyl sites for hydroxylation is 1. The number of rotatable bonds is 7. The van der Waals surface area contributed by atoms with Crippen LogP contribution in [0.4, 0.5) is 11.4 Å². The molecule has 0 saturated carbocycles. The third kappa shape index (κ3) is 6.45. The van der Waals surface area contributed by atoms with Crippen LogP contribution >= 0.6 is 0 Å². The first kappa shape index (κ1) is 30.9. The lowest BCUT2D eigenvalue weighted by atomic mass is 10.0. The lowest BCUT2D eigenvalue weighted by molar-refractivity contribution is -0.113. The van der Waals surface area contributed by atoms with Crippen molar-refractivity contribution in [3.05, 3.63) is 161 Å². The van der Waals surface area contributed by atoms with Gasteiger partial charge in [-0.15, -0.1) is 10.2 Å². The number of fused-ring (bicyclic) bond motifs is 1. The molecule has 1 aromatic heterocycles. The van der Waals surface area contributed by atoms with Crippen LogP contribution in [-0.4, -0.2) is 28.5 Å². The number of benzene rings is 5. The van der Waals surface area contributed by atoms with Gasteiger partial charge in [-0.05, 0) is 67.4 Å². The second-order valence-corrected chi connectivity index (χ2v) is 11.4. The third-order valence-corrected chi connectivity index (χ3v) is 8.19. The molecule has 0 atom stereocenters. The zero-order valence-corrected chi connectivity index (χ0v) is 26.8. The second-order valence-electron chi connectivity index (χ2n) is 11.4. The van der Waals surface area contributed by atoms with E-state index in [0.717, 1.165) is 39.0 Å². The van der Waals surface area contributed by atoms with E-state index in [4.69, 9.17) is 0 Å². The van der Waals surface area contributed by atoms with E-state index >= 15 is 0 Å². The SMILES string of the molecule is CC1=N/C(=C\c2c(-c3ccccc3)[nH]c3ccccc23)C(=O)N1c1ccc(C(=O)N=N/C(=N/Nc2ccccc2C)c2ccccc2)cc1. The van der Waals surface area contributed by atoms with Gasteiger partial charge in [0.05, 0.1) is 17.1 Å². The number of anilines is 2. The average Bonchev–Trinajstić information content (AvgIpc) is 3.65. The van der Waals surface area contributed by atoms with Crippen LogP contribution in [0.3, 0.4) is 0 Å².